The van der Waals surface area contributed by atoms with Crippen molar-refractivity contribution in [2.75, 3.05) is 6.61 Å². The Labute approximate surface area is 147 Å². The van der Waals surface area contributed by atoms with Crippen molar-refractivity contribution in [3.05, 3.63) is 50.9 Å². The fourth-order valence-electron chi connectivity index (χ4n) is 2.52. The van der Waals surface area contributed by atoms with Gasteiger partial charge in [0, 0.05) is 11.3 Å². The number of H-pyrrole nitrogens is 1. The van der Waals surface area contributed by atoms with Gasteiger partial charge in [-0.25, -0.2) is 0 Å². The van der Waals surface area contributed by atoms with Crippen LogP contribution in [0.25, 0.3) is 11.1 Å². The second-order valence-electron chi connectivity index (χ2n) is 5.74. The van der Waals surface area contributed by atoms with E-state index in [1.54, 1.807) is 25.1 Å². The first-order valence-electron chi connectivity index (χ1n) is 8.13. The summed E-state index contributed by atoms with van der Waals surface area (Å²) in [5.41, 5.74) is 1.70. The molecule has 0 bridgehead atoms. The molecule has 5 heteroatoms. The van der Waals surface area contributed by atoms with E-state index >= 15 is 0 Å². The van der Waals surface area contributed by atoms with Crippen LogP contribution in [0.1, 0.15) is 43.9 Å². The quantitative estimate of drug-likeness (QED) is 0.731. The van der Waals surface area contributed by atoms with Crippen LogP contribution in [0.15, 0.2) is 29.1 Å². The van der Waals surface area contributed by atoms with E-state index in [1.165, 1.54) is 12.8 Å². The van der Waals surface area contributed by atoms with Crippen LogP contribution in [0, 0.1) is 18.3 Å². The van der Waals surface area contributed by atoms with E-state index in [4.69, 9.17) is 16.3 Å². The van der Waals surface area contributed by atoms with Crippen LogP contribution in [0.5, 0.6) is 5.75 Å². The Morgan fingerprint density at radius 2 is 2.04 bits per heavy atom. The van der Waals surface area contributed by atoms with Crippen LogP contribution in [0.2, 0.25) is 5.02 Å². The summed E-state index contributed by atoms with van der Waals surface area (Å²) in [6.07, 6.45) is 4.53. The second kappa shape index (κ2) is 8.56. The molecule has 0 radical (unpaired) electrons. The molecule has 0 aliphatic rings. The van der Waals surface area contributed by atoms with E-state index in [0.29, 0.717) is 28.6 Å². The Hall–Kier alpha value is -2.25. The molecule has 0 saturated carbocycles. The second-order valence-corrected chi connectivity index (χ2v) is 6.14. The summed E-state index contributed by atoms with van der Waals surface area (Å²) < 4.78 is 5.71. The summed E-state index contributed by atoms with van der Waals surface area (Å²) >= 11 is 6.30. The minimum Gasteiger partial charge on any atom is -0.492 e. The lowest BCUT2D eigenvalue weighted by Crippen LogP contribution is -2.12. The third-order valence-corrected chi connectivity index (χ3v) is 4.07. The number of aromatic amines is 1. The van der Waals surface area contributed by atoms with Gasteiger partial charge in [-0.2, -0.15) is 5.26 Å². The van der Waals surface area contributed by atoms with Crippen LogP contribution >= 0.6 is 11.6 Å². The molecule has 0 spiro atoms. The van der Waals surface area contributed by atoms with Crippen molar-refractivity contribution in [3.8, 4) is 22.9 Å². The number of aryl methyl sites for hydroxylation is 1. The first-order valence-corrected chi connectivity index (χ1v) is 8.51. The molecule has 0 aliphatic heterocycles. The number of unbranched alkanes of at least 4 members (excludes halogenated alkanes) is 3. The highest BCUT2D eigenvalue weighted by Crippen LogP contribution is 2.31. The average Bonchev–Trinajstić information content (AvgIpc) is 2.55. The predicted octanol–water partition coefficient (Wildman–Crippen LogP) is 4.83. The maximum Gasteiger partial charge on any atom is 0.266 e. The average molecular weight is 345 g/mol. The highest BCUT2D eigenvalue weighted by atomic mass is 35.5. The van der Waals surface area contributed by atoms with Gasteiger partial charge in [0.15, 0.2) is 0 Å². The fraction of sp³-hybridized carbons (Fsp3) is 0.368. The molecule has 1 N–H and O–H groups in total. The number of aromatic nitrogens is 1. The van der Waals surface area contributed by atoms with Gasteiger partial charge in [0.1, 0.15) is 17.4 Å². The Morgan fingerprint density at radius 1 is 1.25 bits per heavy atom. The van der Waals surface area contributed by atoms with Gasteiger partial charge >= 0.3 is 0 Å². The number of nitrogens with one attached hydrogen (secondary N) is 1. The molecule has 2 rings (SSSR count). The summed E-state index contributed by atoms with van der Waals surface area (Å²) in [5.74, 6) is 0.622. The van der Waals surface area contributed by atoms with Gasteiger partial charge in [-0.05, 0) is 37.1 Å². The van der Waals surface area contributed by atoms with E-state index in [0.717, 1.165) is 18.4 Å². The van der Waals surface area contributed by atoms with Gasteiger partial charge in [0.25, 0.3) is 5.56 Å². The Balaban J connectivity index is 2.21. The lowest BCUT2D eigenvalue weighted by molar-refractivity contribution is 0.305. The Kier molecular flexibility index (Phi) is 6.45. The van der Waals surface area contributed by atoms with E-state index in [-0.39, 0.29) is 11.1 Å². The molecule has 0 atom stereocenters. The SMILES string of the molecule is CCCCCCOc1ccc(-c2cc(C)[nH]c(=O)c2C#N)cc1Cl. The number of nitrogens with zero attached hydrogens (tertiary/aromatic N) is 1. The number of hydrogen-bond donors (Lipinski definition) is 1. The van der Waals surface area contributed by atoms with E-state index in [1.807, 2.05) is 12.1 Å². The summed E-state index contributed by atoms with van der Waals surface area (Å²) in [6, 6.07) is 9.08. The van der Waals surface area contributed by atoms with Crippen LogP contribution in [0.4, 0.5) is 0 Å². The molecular formula is C19H21ClN2O2. The number of ether oxygens (including phenoxy) is 1. The van der Waals surface area contributed by atoms with Gasteiger partial charge in [-0.15, -0.1) is 0 Å². The molecule has 1 heterocycles. The molecule has 4 nitrogen and oxygen atoms in total. The topological polar surface area (TPSA) is 65.9 Å². The largest absolute Gasteiger partial charge is 0.492 e. The van der Waals surface area contributed by atoms with E-state index < -0.39 is 0 Å². The van der Waals surface area contributed by atoms with E-state index in [9.17, 15) is 10.1 Å². The first-order chi connectivity index (χ1) is 11.6. The molecule has 2 aromatic rings. The highest BCUT2D eigenvalue weighted by molar-refractivity contribution is 6.32. The minimum absolute atomic E-state index is 0.0879. The number of rotatable bonds is 7. The van der Waals surface area contributed by atoms with Gasteiger partial charge in [0.05, 0.1) is 11.6 Å². The van der Waals surface area contributed by atoms with Crippen molar-refractivity contribution in [2.24, 2.45) is 0 Å². The Bertz CT molecular complexity index is 806. The maximum atomic E-state index is 11.9. The molecule has 0 saturated heterocycles. The monoisotopic (exact) mass is 344 g/mol. The van der Waals surface area contributed by atoms with Crippen molar-refractivity contribution in [2.45, 2.75) is 39.5 Å². The van der Waals surface area contributed by atoms with Crippen LogP contribution < -0.4 is 10.3 Å². The molecule has 0 amide bonds. The summed E-state index contributed by atoms with van der Waals surface area (Å²) in [5, 5.41) is 9.71. The van der Waals surface area contributed by atoms with Crippen molar-refractivity contribution in [1.82, 2.24) is 4.98 Å². The van der Waals surface area contributed by atoms with Gasteiger partial charge in [0.2, 0.25) is 0 Å². The third-order valence-electron chi connectivity index (χ3n) is 3.78. The predicted molar refractivity (Wildman–Crippen MR) is 96.6 cm³/mol. The zero-order valence-electron chi connectivity index (χ0n) is 14.0. The summed E-state index contributed by atoms with van der Waals surface area (Å²) in [7, 11) is 0. The minimum atomic E-state index is -0.389. The van der Waals surface area contributed by atoms with Crippen LogP contribution in [-0.2, 0) is 0 Å². The van der Waals surface area contributed by atoms with Crippen molar-refractivity contribution in [1.29, 1.82) is 5.26 Å². The number of hydrogen-bond acceptors (Lipinski definition) is 3. The van der Waals surface area contributed by atoms with E-state index in [2.05, 4.69) is 11.9 Å². The zero-order valence-corrected chi connectivity index (χ0v) is 14.7. The summed E-state index contributed by atoms with van der Waals surface area (Å²) in [6.45, 7) is 4.58. The molecule has 1 aromatic heterocycles. The molecule has 0 aliphatic carbocycles. The molecular weight excluding hydrogens is 324 g/mol. The maximum absolute atomic E-state index is 11.9. The van der Waals surface area contributed by atoms with Gasteiger partial charge in [-0.3, -0.25) is 4.79 Å². The standard InChI is InChI=1S/C19H21ClN2O2/c1-3-4-5-6-9-24-18-8-7-14(11-17(18)20)15-10-13(2)22-19(23)16(15)12-21/h7-8,10-11H,3-6,9H2,1-2H3,(H,22,23). The van der Waals surface area contributed by atoms with Crippen molar-refractivity contribution >= 4 is 11.6 Å². The van der Waals surface area contributed by atoms with Gasteiger partial charge < -0.3 is 9.72 Å². The summed E-state index contributed by atoms with van der Waals surface area (Å²) in [4.78, 5) is 14.5. The normalized spacial score (nSPS) is 10.4. The highest BCUT2D eigenvalue weighted by Gasteiger charge is 2.12. The number of halogens is 1. The van der Waals surface area contributed by atoms with Gasteiger partial charge in [-0.1, -0.05) is 43.9 Å². The number of nitriles is 1. The molecule has 1 aromatic carbocycles. The van der Waals surface area contributed by atoms with Crippen LogP contribution in [-0.4, -0.2) is 11.6 Å². The first kappa shape index (κ1) is 18.1. The number of pyridine rings is 1. The van der Waals surface area contributed by atoms with Crippen molar-refractivity contribution in [3.63, 3.8) is 0 Å². The molecule has 0 unspecified atom stereocenters. The molecule has 126 valence electrons. The fourth-order valence-corrected chi connectivity index (χ4v) is 2.76. The molecule has 24 heavy (non-hydrogen) atoms. The zero-order chi connectivity index (χ0) is 17.5. The Morgan fingerprint density at radius 3 is 2.71 bits per heavy atom. The third kappa shape index (κ3) is 4.39. The lowest BCUT2D eigenvalue weighted by atomic mass is 10.0. The van der Waals surface area contributed by atoms with Crippen LogP contribution in [0.3, 0.4) is 0 Å². The molecule has 0 fully saturated rings. The number of benzene rings is 1. The lowest BCUT2D eigenvalue weighted by Gasteiger charge is -2.11. The smallest absolute Gasteiger partial charge is 0.266 e. The van der Waals surface area contributed by atoms with Crippen molar-refractivity contribution < 1.29 is 4.74 Å².